The summed E-state index contributed by atoms with van der Waals surface area (Å²) in [6.45, 7) is 10.6. The van der Waals surface area contributed by atoms with Crippen LogP contribution in [0.2, 0.25) is 0 Å². The lowest BCUT2D eigenvalue weighted by Gasteiger charge is -2.19. The van der Waals surface area contributed by atoms with Gasteiger partial charge in [-0.05, 0) is 20.8 Å². The number of nitrogens with one attached hydrogen (secondary N) is 1. The maximum absolute atomic E-state index is 11.3. The van der Waals surface area contributed by atoms with Crippen molar-refractivity contribution in [3.8, 4) is 0 Å². The summed E-state index contributed by atoms with van der Waals surface area (Å²) in [4.78, 5) is 11.3. The van der Waals surface area contributed by atoms with Gasteiger partial charge >= 0.3 is 6.09 Å². The minimum Gasteiger partial charge on any atom is -0.444 e. The van der Waals surface area contributed by atoms with Crippen LogP contribution in [0, 0.1) is 0 Å². The smallest absolute Gasteiger partial charge is 0.407 e. The average molecular weight is 275 g/mol. The van der Waals surface area contributed by atoms with E-state index in [-0.39, 0.29) is 6.61 Å². The van der Waals surface area contributed by atoms with Crippen molar-refractivity contribution in [2.45, 2.75) is 32.5 Å². The first-order valence-electron chi connectivity index (χ1n) is 6.28. The van der Waals surface area contributed by atoms with E-state index >= 15 is 0 Å². The maximum atomic E-state index is 11.3. The molecule has 6 nitrogen and oxygen atoms in total. The Balaban J connectivity index is 3.32. The van der Waals surface area contributed by atoms with Crippen LogP contribution >= 0.6 is 0 Å². The van der Waals surface area contributed by atoms with Crippen LogP contribution in [0.3, 0.4) is 0 Å². The first kappa shape index (κ1) is 17.9. The molecule has 0 fully saturated rings. The Bertz CT molecular complexity index is 262. The molecule has 6 heteroatoms. The Labute approximate surface area is 114 Å². The molecule has 1 amide bonds. The van der Waals surface area contributed by atoms with E-state index in [0.29, 0.717) is 26.4 Å². The maximum Gasteiger partial charge on any atom is 0.407 e. The largest absolute Gasteiger partial charge is 0.444 e. The van der Waals surface area contributed by atoms with Crippen molar-refractivity contribution in [1.82, 2.24) is 5.32 Å². The fourth-order valence-corrected chi connectivity index (χ4v) is 1.03. The third-order valence-electron chi connectivity index (χ3n) is 1.85. The first-order valence-corrected chi connectivity index (χ1v) is 6.28. The van der Waals surface area contributed by atoms with Gasteiger partial charge in [0, 0.05) is 6.54 Å². The molecule has 0 bridgehead atoms. The highest BCUT2D eigenvalue weighted by molar-refractivity contribution is 5.67. The minimum absolute atomic E-state index is 0.211. The molecule has 0 rings (SSSR count). The van der Waals surface area contributed by atoms with Crippen molar-refractivity contribution < 1.29 is 24.1 Å². The molecule has 19 heavy (non-hydrogen) atoms. The van der Waals surface area contributed by atoms with Gasteiger partial charge in [0.25, 0.3) is 0 Å². The summed E-state index contributed by atoms with van der Waals surface area (Å²) in [7, 11) is 0. The van der Waals surface area contributed by atoms with Gasteiger partial charge in [-0.1, -0.05) is 6.08 Å². The van der Waals surface area contributed by atoms with E-state index in [9.17, 15) is 4.79 Å². The van der Waals surface area contributed by atoms with Crippen LogP contribution in [0.15, 0.2) is 12.7 Å². The van der Waals surface area contributed by atoms with Crippen molar-refractivity contribution in [3.63, 3.8) is 0 Å². The molecule has 0 saturated carbocycles. The molecule has 1 unspecified atom stereocenters. The summed E-state index contributed by atoms with van der Waals surface area (Å²) in [6, 6.07) is 0. The second-order valence-corrected chi connectivity index (χ2v) is 4.92. The highest BCUT2D eigenvalue weighted by Crippen LogP contribution is 2.05. The van der Waals surface area contributed by atoms with Crippen molar-refractivity contribution >= 4 is 6.09 Å². The zero-order chi connectivity index (χ0) is 14.7. The third kappa shape index (κ3) is 13.1. The van der Waals surface area contributed by atoms with Crippen LogP contribution in [0.4, 0.5) is 4.79 Å². The van der Waals surface area contributed by atoms with E-state index in [1.807, 2.05) is 0 Å². The lowest BCUT2D eigenvalue weighted by Crippen LogP contribution is -2.34. The number of ether oxygens (including phenoxy) is 3. The van der Waals surface area contributed by atoms with Gasteiger partial charge in [-0.15, -0.1) is 6.58 Å². The first-order chi connectivity index (χ1) is 8.85. The Kier molecular flexibility index (Phi) is 9.20. The number of amides is 1. The molecule has 0 aromatic carbocycles. The van der Waals surface area contributed by atoms with Crippen molar-refractivity contribution in [1.29, 1.82) is 0 Å². The average Bonchev–Trinajstić information content (AvgIpc) is 2.29. The number of carbonyl (C=O) groups is 1. The Hall–Kier alpha value is -1.11. The molecule has 0 aliphatic carbocycles. The van der Waals surface area contributed by atoms with Crippen LogP contribution in [0.5, 0.6) is 0 Å². The van der Waals surface area contributed by atoms with Crippen LogP contribution in [-0.2, 0) is 14.2 Å². The molecule has 112 valence electrons. The number of aliphatic hydroxyl groups excluding tert-OH is 1. The minimum atomic E-state index is -0.645. The fraction of sp³-hybridized carbons (Fsp3) is 0.769. The number of hydrogen-bond donors (Lipinski definition) is 2. The summed E-state index contributed by atoms with van der Waals surface area (Å²) >= 11 is 0. The second-order valence-electron chi connectivity index (χ2n) is 4.92. The normalized spacial score (nSPS) is 12.8. The molecule has 2 N–H and O–H groups in total. The molecule has 0 heterocycles. The fourth-order valence-electron chi connectivity index (χ4n) is 1.03. The van der Waals surface area contributed by atoms with Crippen LogP contribution in [0.1, 0.15) is 20.8 Å². The Morgan fingerprint density at radius 3 is 2.53 bits per heavy atom. The lowest BCUT2D eigenvalue weighted by atomic mass is 10.2. The highest BCUT2D eigenvalue weighted by Gasteiger charge is 2.15. The molecule has 0 spiro atoms. The molecule has 0 saturated heterocycles. The number of rotatable bonds is 9. The van der Waals surface area contributed by atoms with E-state index in [0.717, 1.165) is 0 Å². The number of carbonyl (C=O) groups excluding carboxylic acids is 1. The van der Waals surface area contributed by atoms with Gasteiger partial charge in [-0.3, -0.25) is 0 Å². The summed E-state index contributed by atoms with van der Waals surface area (Å²) in [5.41, 5.74) is -0.495. The van der Waals surface area contributed by atoms with E-state index < -0.39 is 17.8 Å². The van der Waals surface area contributed by atoms with E-state index in [2.05, 4.69) is 11.9 Å². The van der Waals surface area contributed by atoms with Crippen molar-refractivity contribution in [3.05, 3.63) is 12.7 Å². The molecule has 0 aliphatic rings. The summed E-state index contributed by atoms with van der Waals surface area (Å²) in [5, 5.41) is 11.7. The molecule has 0 radical (unpaired) electrons. The molecular weight excluding hydrogens is 250 g/mol. The number of alkyl carbamates (subject to hydrolysis) is 1. The standard InChI is InChI=1S/C13H25NO5/c1-5-11(15)10-18-9-8-17-7-6-14-12(16)19-13(2,3)4/h5,11,15H,1,6-10H2,2-4H3,(H,14,16). The van der Waals surface area contributed by atoms with Crippen LogP contribution in [0.25, 0.3) is 0 Å². The number of aliphatic hydroxyl groups is 1. The Morgan fingerprint density at radius 1 is 1.32 bits per heavy atom. The van der Waals surface area contributed by atoms with Gasteiger partial charge in [0.2, 0.25) is 0 Å². The monoisotopic (exact) mass is 275 g/mol. The number of hydrogen-bond acceptors (Lipinski definition) is 5. The third-order valence-corrected chi connectivity index (χ3v) is 1.85. The van der Waals surface area contributed by atoms with Crippen molar-refractivity contribution in [2.24, 2.45) is 0 Å². The van der Waals surface area contributed by atoms with E-state index in [1.54, 1.807) is 20.8 Å². The SMILES string of the molecule is C=CC(O)COCCOCCNC(=O)OC(C)(C)C. The van der Waals surface area contributed by atoms with Gasteiger partial charge in [-0.25, -0.2) is 4.79 Å². The van der Waals surface area contributed by atoms with Gasteiger partial charge in [0.05, 0.1) is 32.5 Å². The van der Waals surface area contributed by atoms with Gasteiger partial charge in [0.15, 0.2) is 0 Å². The molecule has 1 atom stereocenters. The molecule has 0 aliphatic heterocycles. The zero-order valence-electron chi connectivity index (χ0n) is 12.0. The molecule has 0 aromatic heterocycles. The molecule has 0 aromatic rings. The predicted octanol–water partition coefficient (Wildman–Crippen LogP) is 1.09. The summed E-state index contributed by atoms with van der Waals surface area (Å²) in [6.07, 6.45) is 0.307. The van der Waals surface area contributed by atoms with Crippen LogP contribution in [-0.4, -0.2) is 55.9 Å². The van der Waals surface area contributed by atoms with E-state index in [1.165, 1.54) is 6.08 Å². The van der Waals surface area contributed by atoms with Gasteiger partial charge in [0.1, 0.15) is 5.60 Å². The summed E-state index contributed by atoms with van der Waals surface area (Å²) in [5.74, 6) is 0. The molecular formula is C13H25NO5. The van der Waals surface area contributed by atoms with Crippen LogP contribution < -0.4 is 5.32 Å². The lowest BCUT2D eigenvalue weighted by molar-refractivity contribution is 0.0163. The van der Waals surface area contributed by atoms with E-state index in [4.69, 9.17) is 19.3 Å². The quantitative estimate of drug-likeness (QED) is 0.486. The van der Waals surface area contributed by atoms with Gasteiger partial charge in [-0.2, -0.15) is 0 Å². The van der Waals surface area contributed by atoms with Crippen molar-refractivity contribution in [2.75, 3.05) is 33.0 Å². The predicted molar refractivity (Wildman–Crippen MR) is 72.1 cm³/mol. The topological polar surface area (TPSA) is 77.0 Å². The summed E-state index contributed by atoms with van der Waals surface area (Å²) < 4.78 is 15.4. The van der Waals surface area contributed by atoms with Gasteiger partial charge < -0.3 is 24.6 Å². The highest BCUT2D eigenvalue weighted by atomic mass is 16.6. The second kappa shape index (κ2) is 9.77. The zero-order valence-corrected chi connectivity index (χ0v) is 12.0. The Morgan fingerprint density at radius 2 is 1.95 bits per heavy atom.